The molecule has 186 valence electrons. The topological polar surface area (TPSA) is 49.3 Å². The number of aryl methyl sites for hydroxylation is 1. The molecule has 1 aliphatic heterocycles. The fraction of sp³-hybridized carbons (Fsp3) is 0.690. The van der Waals surface area contributed by atoms with Crippen molar-refractivity contribution < 1.29 is 9.90 Å². The minimum Gasteiger partial charge on any atom is -0.481 e. The van der Waals surface area contributed by atoms with Crippen molar-refractivity contribution in [2.24, 2.45) is 0 Å². The summed E-state index contributed by atoms with van der Waals surface area (Å²) < 4.78 is 0. The molecular formula is C29H51MgNO2. The fourth-order valence-electron chi connectivity index (χ4n) is 4.10. The van der Waals surface area contributed by atoms with Gasteiger partial charge >= 0.3 is 29.0 Å². The SMILES string of the molecule is CCCCCCCCCCCCCCCCCC(=O)O.[CH3-].[Mg+2].c1ccc2c(c1)CC[CH-]CN2. The number of carboxylic acids is 1. The van der Waals surface area contributed by atoms with Gasteiger partial charge < -0.3 is 24.3 Å². The predicted octanol–water partition coefficient (Wildman–Crippen LogP) is 8.65. The van der Waals surface area contributed by atoms with Crippen LogP contribution < -0.4 is 5.32 Å². The first-order chi connectivity index (χ1) is 15.2. The summed E-state index contributed by atoms with van der Waals surface area (Å²) in [6, 6.07) is 8.53. The van der Waals surface area contributed by atoms with E-state index in [1.807, 2.05) is 0 Å². The van der Waals surface area contributed by atoms with Crippen molar-refractivity contribution in [3.63, 3.8) is 0 Å². The van der Waals surface area contributed by atoms with Gasteiger partial charge in [-0.25, -0.2) is 0 Å². The number of rotatable bonds is 16. The van der Waals surface area contributed by atoms with E-state index in [0.717, 1.165) is 19.4 Å². The molecular weight excluding hydrogens is 419 g/mol. The van der Waals surface area contributed by atoms with Crippen LogP contribution in [-0.4, -0.2) is 40.7 Å². The molecule has 33 heavy (non-hydrogen) atoms. The van der Waals surface area contributed by atoms with E-state index in [9.17, 15) is 4.79 Å². The van der Waals surface area contributed by atoms with E-state index in [4.69, 9.17) is 5.11 Å². The summed E-state index contributed by atoms with van der Waals surface area (Å²) in [6.07, 6.45) is 24.9. The van der Waals surface area contributed by atoms with Crippen molar-refractivity contribution in [1.29, 1.82) is 0 Å². The van der Waals surface area contributed by atoms with Crippen LogP contribution in [0.15, 0.2) is 24.3 Å². The van der Waals surface area contributed by atoms with Gasteiger partial charge in [-0.2, -0.15) is 6.42 Å². The first kappa shape index (κ1) is 34.4. The van der Waals surface area contributed by atoms with Crippen molar-refractivity contribution in [3.8, 4) is 0 Å². The van der Waals surface area contributed by atoms with E-state index in [-0.39, 0.29) is 30.5 Å². The number of carbonyl (C=O) groups is 1. The summed E-state index contributed by atoms with van der Waals surface area (Å²) >= 11 is 0. The fourth-order valence-corrected chi connectivity index (χ4v) is 4.10. The zero-order valence-corrected chi connectivity index (χ0v) is 23.3. The Morgan fingerprint density at radius 3 is 1.85 bits per heavy atom. The minimum atomic E-state index is -0.653. The Morgan fingerprint density at radius 1 is 0.848 bits per heavy atom. The maximum Gasteiger partial charge on any atom is 2.00 e. The van der Waals surface area contributed by atoms with Gasteiger partial charge in [0, 0.05) is 12.1 Å². The number of carboxylic acid groups (broad SMARTS) is 1. The normalized spacial score (nSPS) is 12.0. The molecule has 0 radical (unpaired) electrons. The van der Waals surface area contributed by atoms with Crippen molar-refractivity contribution in [2.75, 3.05) is 11.9 Å². The average molecular weight is 470 g/mol. The molecule has 4 heteroatoms. The van der Waals surface area contributed by atoms with E-state index >= 15 is 0 Å². The van der Waals surface area contributed by atoms with Crippen molar-refractivity contribution >= 4 is 34.7 Å². The van der Waals surface area contributed by atoms with E-state index in [2.05, 4.69) is 42.9 Å². The van der Waals surface area contributed by atoms with Crippen LogP contribution in [0.5, 0.6) is 0 Å². The Kier molecular flexibility index (Phi) is 27.0. The van der Waals surface area contributed by atoms with Gasteiger partial charge in [-0.05, 0) is 18.1 Å². The number of aliphatic carboxylic acids is 1. The van der Waals surface area contributed by atoms with Crippen molar-refractivity contribution in [3.05, 3.63) is 43.7 Å². The molecule has 0 aromatic heterocycles. The maximum atomic E-state index is 10.3. The molecule has 0 aliphatic carbocycles. The molecule has 1 aliphatic rings. The number of nitrogens with one attached hydrogen (secondary N) is 1. The molecule has 0 saturated carbocycles. The van der Waals surface area contributed by atoms with Crippen LogP contribution in [0.25, 0.3) is 0 Å². The molecule has 1 aromatic carbocycles. The van der Waals surface area contributed by atoms with Gasteiger partial charge in [0.25, 0.3) is 0 Å². The van der Waals surface area contributed by atoms with E-state index in [1.165, 1.54) is 108 Å². The standard InChI is InChI=1S/C18H36O2.C10H12N.CH3.Mg/c1-2-3-4-5-6-7-8-9-10-11-12-13-14-15-16-17-18(19)20;1-2-7-10-9(5-1)6-3-4-8-11-10;;/h2-17H2,1H3,(H,19,20);1-2,4-5,7,11H,3,6,8H2;1H3;/q;2*-1;+2. The van der Waals surface area contributed by atoms with Crippen LogP contribution in [0, 0.1) is 13.8 Å². The van der Waals surface area contributed by atoms with Gasteiger partial charge in [0.05, 0.1) is 0 Å². The summed E-state index contributed by atoms with van der Waals surface area (Å²) in [5.74, 6) is -0.653. The van der Waals surface area contributed by atoms with E-state index in [0.29, 0.717) is 6.42 Å². The van der Waals surface area contributed by atoms with Crippen molar-refractivity contribution in [2.45, 2.75) is 122 Å². The van der Waals surface area contributed by atoms with Gasteiger partial charge in [0.1, 0.15) is 0 Å². The number of benzene rings is 1. The van der Waals surface area contributed by atoms with Crippen LogP contribution in [0.3, 0.4) is 0 Å². The predicted molar refractivity (Wildman–Crippen MR) is 147 cm³/mol. The molecule has 0 fully saturated rings. The zero-order chi connectivity index (χ0) is 22.4. The molecule has 0 spiro atoms. The second-order valence-corrected chi connectivity index (χ2v) is 8.96. The molecule has 2 rings (SSSR count). The number of hydrogen-bond acceptors (Lipinski definition) is 2. The van der Waals surface area contributed by atoms with Crippen LogP contribution in [0.4, 0.5) is 5.69 Å². The molecule has 1 heterocycles. The molecule has 0 saturated heterocycles. The first-order valence-electron chi connectivity index (χ1n) is 13.1. The number of anilines is 1. The molecule has 1 aromatic rings. The summed E-state index contributed by atoms with van der Waals surface area (Å²) in [5, 5.41) is 11.9. The number of para-hydroxylation sites is 1. The third-order valence-corrected chi connectivity index (χ3v) is 6.07. The van der Waals surface area contributed by atoms with Gasteiger partial charge in [0.15, 0.2) is 0 Å². The number of unbranched alkanes of at least 4 members (excludes halogenated alkanes) is 14. The summed E-state index contributed by atoms with van der Waals surface area (Å²) in [7, 11) is 0. The summed E-state index contributed by atoms with van der Waals surface area (Å²) in [6.45, 7) is 3.28. The van der Waals surface area contributed by atoms with Gasteiger partial charge in [-0.15, -0.1) is 6.54 Å². The largest absolute Gasteiger partial charge is 2.00 e. The minimum absolute atomic E-state index is 0. The quantitative estimate of drug-likeness (QED) is 0.145. The van der Waals surface area contributed by atoms with Gasteiger partial charge in [0.2, 0.25) is 0 Å². The molecule has 0 bridgehead atoms. The third-order valence-electron chi connectivity index (χ3n) is 6.07. The zero-order valence-electron chi connectivity index (χ0n) is 21.9. The van der Waals surface area contributed by atoms with Gasteiger partial charge in [-0.3, -0.25) is 4.79 Å². The second kappa shape index (κ2) is 25.9. The van der Waals surface area contributed by atoms with E-state index in [1.54, 1.807) is 0 Å². The summed E-state index contributed by atoms with van der Waals surface area (Å²) in [5.41, 5.74) is 2.75. The van der Waals surface area contributed by atoms with Crippen LogP contribution in [-0.2, 0) is 11.2 Å². The maximum absolute atomic E-state index is 10.3. The third kappa shape index (κ3) is 21.5. The first-order valence-corrected chi connectivity index (χ1v) is 13.1. The smallest absolute Gasteiger partial charge is 0.481 e. The van der Waals surface area contributed by atoms with E-state index < -0.39 is 5.97 Å². The molecule has 0 atom stereocenters. The van der Waals surface area contributed by atoms with Gasteiger partial charge in [-0.1, -0.05) is 121 Å². The Balaban J connectivity index is 0. The van der Waals surface area contributed by atoms with Crippen LogP contribution >= 0.6 is 0 Å². The molecule has 3 nitrogen and oxygen atoms in total. The molecule has 0 amide bonds. The Morgan fingerprint density at radius 2 is 1.33 bits per heavy atom. The Labute approximate surface area is 222 Å². The van der Waals surface area contributed by atoms with Crippen molar-refractivity contribution in [1.82, 2.24) is 0 Å². The average Bonchev–Trinajstić information content (AvgIpc) is 3.02. The molecule has 0 unspecified atom stereocenters. The summed E-state index contributed by atoms with van der Waals surface area (Å²) in [4.78, 5) is 10.3. The second-order valence-electron chi connectivity index (χ2n) is 8.96. The Hall–Kier alpha value is -0.744. The number of hydrogen-bond donors (Lipinski definition) is 2. The molecule has 2 N–H and O–H groups in total. The monoisotopic (exact) mass is 469 g/mol. The number of fused-ring (bicyclic) bond motifs is 1. The van der Waals surface area contributed by atoms with Crippen LogP contribution in [0.1, 0.15) is 122 Å². The van der Waals surface area contributed by atoms with Crippen LogP contribution in [0.2, 0.25) is 0 Å². The Bertz CT molecular complexity index is 525.